The number of hydrogen-bond acceptors (Lipinski definition) is 5. The first-order chi connectivity index (χ1) is 15.1. The molecule has 160 valence electrons. The number of amides is 1. The fraction of sp³-hybridized carbons (Fsp3) is 0.400. The van der Waals surface area contributed by atoms with Crippen molar-refractivity contribution in [3.63, 3.8) is 0 Å². The van der Waals surface area contributed by atoms with Gasteiger partial charge in [0.05, 0.1) is 16.6 Å². The number of anilines is 1. The summed E-state index contributed by atoms with van der Waals surface area (Å²) in [5, 5.41) is 13.9. The van der Waals surface area contributed by atoms with E-state index in [2.05, 4.69) is 28.5 Å². The van der Waals surface area contributed by atoms with Crippen molar-refractivity contribution in [1.29, 1.82) is 0 Å². The highest BCUT2D eigenvalue weighted by molar-refractivity contribution is 5.96. The van der Waals surface area contributed by atoms with Crippen molar-refractivity contribution in [2.75, 3.05) is 18.5 Å². The number of aliphatic hydroxyl groups excluding tert-OH is 1. The van der Waals surface area contributed by atoms with Gasteiger partial charge >= 0.3 is 0 Å². The third kappa shape index (κ3) is 3.55. The summed E-state index contributed by atoms with van der Waals surface area (Å²) in [6.07, 6.45) is 8.43. The number of hydrogen-bond donors (Lipinski definition) is 3. The predicted molar refractivity (Wildman–Crippen MR) is 122 cm³/mol. The van der Waals surface area contributed by atoms with Crippen molar-refractivity contribution in [1.82, 2.24) is 9.97 Å². The molecule has 0 spiro atoms. The zero-order chi connectivity index (χ0) is 21.4. The van der Waals surface area contributed by atoms with Crippen LogP contribution < -0.4 is 11.1 Å². The van der Waals surface area contributed by atoms with E-state index in [9.17, 15) is 9.90 Å². The van der Waals surface area contributed by atoms with E-state index >= 15 is 0 Å². The van der Waals surface area contributed by atoms with Crippen LogP contribution in [0.15, 0.2) is 36.5 Å². The molecule has 31 heavy (non-hydrogen) atoms. The molecule has 1 amide bonds. The van der Waals surface area contributed by atoms with Gasteiger partial charge in [-0.05, 0) is 85.9 Å². The Kier molecular flexibility index (Phi) is 5.10. The van der Waals surface area contributed by atoms with Gasteiger partial charge in [-0.25, -0.2) is 0 Å². The van der Waals surface area contributed by atoms with Crippen molar-refractivity contribution in [3.05, 3.63) is 53.5 Å². The molecule has 5 rings (SSSR count). The molecule has 3 aromatic rings. The van der Waals surface area contributed by atoms with Gasteiger partial charge in [0, 0.05) is 36.1 Å². The van der Waals surface area contributed by atoms with Crippen LogP contribution in [0.3, 0.4) is 0 Å². The molecule has 2 aliphatic rings. The first-order valence-corrected chi connectivity index (χ1v) is 11.2. The summed E-state index contributed by atoms with van der Waals surface area (Å²) in [5.41, 5.74) is 12.6. The number of nitrogens with one attached hydrogen (secondary N) is 1. The fourth-order valence-electron chi connectivity index (χ4n) is 4.72. The van der Waals surface area contributed by atoms with Crippen molar-refractivity contribution in [2.45, 2.75) is 50.4 Å². The number of rotatable bonds is 7. The fourth-order valence-corrected chi connectivity index (χ4v) is 4.72. The van der Waals surface area contributed by atoms with Crippen molar-refractivity contribution in [2.24, 2.45) is 5.73 Å². The number of benzene rings is 1. The monoisotopic (exact) mass is 416 g/mol. The summed E-state index contributed by atoms with van der Waals surface area (Å²) in [5.74, 6) is -0.290. The molecule has 0 bridgehead atoms. The number of carbonyl (C=O) groups excluding carboxylic acids is 1. The molecule has 6 nitrogen and oxygen atoms in total. The van der Waals surface area contributed by atoms with E-state index in [1.807, 2.05) is 12.1 Å². The molecule has 0 saturated heterocycles. The molecule has 1 saturated carbocycles. The second kappa shape index (κ2) is 7.93. The zero-order valence-electron chi connectivity index (χ0n) is 17.7. The summed E-state index contributed by atoms with van der Waals surface area (Å²) in [4.78, 5) is 21.4. The highest BCUT2D eigenvalue weighted by Gasteiger charge is 2.51. The lowest BCUT2D eigenvalue weighted by Crippen LogP contribution is -2.29. The Balaban J connectivity index is 1.60. The molecular formula is C25H28N4O2. The van der Waals surface area contributed by atoms with Crippen LogP contribution in [-0.2, 0) is 23.1 Å². The molecule has 0 aliphatic heterocycles. The lowest BCUT2D eigenvalue weighted by atomic mass is 9.91. The minimum absolute atomic E-state index is 0.171. The maximum Gasteiger partial charge on any atom is 0.229 e. The van der Waals surface area contributed by atoms with Crippen LogP contribution in [0.2, 0.25) is 0 Å². The molecular weight excluding hydrogens is 388 g/mol. The van der Waals surface area contributed by atoms with Gasteiger partial charge in [-0.1, -0.05) is 6.07 Å². The van der Waals surface area contributed by atoms with Crippen LogP contribution in [0.25, 0.3) is 22.0 Å². The maximum absolute atomic E-state index is 12.0. The third-order valence-electron chi connectivity index (χ3n) is 6.70. The second-order valence-corrected chi connectivity index (χ2v) is 8.73. The standard InChI is InChI=1S/C25H28N4O2/c26-24(31)25(9-10-25)22-15-17(8-12-27-22)16-6-7-21-19(14-16)23(28-11-3-13-30)18-4-1-2-5-20(18)29-21/h6-8,12,14-15,30H,1-5,9-11,13H2,(H2,26,31)(H,28,29). The van der Waals surface area contributed by atoms with Gasteiger partial charge in [0.2, 0.25) is 5.91 Å². The molecule has 4 N–H and O–H groups in total. The average molecular weight is 417 g/mol. The second-order valence-electron chi connectivity index (χ2n) is 8.73. The Morgan fingerprint density at radius 2 is 1.94 bits per heavy atom. The Hall–Kier alpha value is -2.99. The van der Waals surface area contributed by atoms with E-state index in [4.69, 9.17) is 10.7 Å². The number of fused-ring (bicyclic) bond motifs is 2. The van der Waals surface area contributed by atoms with Crippen LogP contribution >= 0.6 is 0 Å². The van der Waals surface area contributed by atoms with E-state index in [1.54, 1.807) is 6.20 Å². The molecule has 2 heterocycles. The molecule has 1 aromatic carbocycles. The molecule has 0 atom stereocenters. The summed E-state index contributed by atoms with van der Waals surface area (Å²) in [7, 11) is 0. The quantitative estimate of drug-likeness (QED) is 0.512. The van der Waals surface area contributed by atoms with Gasteiger partial charge in [-0.3, -0.25) is 14.8 Å². The molecule has 2 aromatic heterocycles. The van der Waals surface area contributed by atoms with Crippen LogP contribution in [0, 0.1) is 0 Å². The summed E-state index contributed by atoms with van der Waals surface area (Å²) >= 11 is 0. The number of nitrogens with zero attached hydrogens (tertiary/aromatic N) is 2. The van der Waals surface area contributed by atoms with Crippen molar-refractivity contribution < 1.29 is 9.90 Å². The van der Waals surface area contributed by atoms with Gasteiger partial charge in [0.1, 0.15) is 0 Å². The van der Waals surface area contributed by atoms with E-state index < -0.39 is 5.41 Å². The Morgan fingerprint density at radius 1 is 1.13 bits per heavy atom. The average Bonchev–Trinajstić information content (AvgIpc) is 3.61. The largest absolute Gasteiger partial charge is 0.396 e. The Bertz CT molecular complexity index is 1150. The highest BCUT2D eigenvalue weighted by atomic mass is 16.3. The minimum atomic E-state index is -0.593. The minimum Gasteiger partial charge on any atom is -0.396 e. The molecule has 1 fully saturated rings. The lowest BCUT2D eigenvalue weighted by molar-refractivity contribution is -0.120. The molecule has 0 radical (unpaired) electrons. The molecule has 6 heteroatoms. The number of aromatic nitrogens is 2. The molecule has 2 aliphatic carbocycles. The number of carbonyl (C=O) groups is 1. The van der Waals surface area contributed by atoms with Gasteiger partial charge in [0.15, 0.2) is 0 Å². The lowest BCUT2D eigenvalue weighted by Gasteiger charge is -2.22. The smallest absolute Gasteiger partial charge is 0.229 e. The van der Waals surface area contributed by atoms with E-state index in [1.165, 1.54) is 24.1 Å². The van der Waals surface area contributed by atoms with E-state index in [0.717, 1.165) is 65.6 Å². The summed E-state index contributed by atoms with van der Waals surface area (Å²) in [6, 6.07) is 10.3. The van der Waals surface area contributed by atoms with Gasteiger partial charge in [-0.2, -0.15) is 0 Å². The normalized spacial score (nSPS) is 16.7. The van der Waals surface area contributed by atoms with Gasteiger partial charge < -0.3 is 16.2 Å². The van der Waals surface area contributed by atoms with Crippen LogP contribution in [0.4, 0.5) is 5.69 Å². The van der Waals surface area contributed by atoms with Gasteiger partial charge in [-0.15, -0.1) is 0 Å². The predicted octanol–water partition coefficient (Wildman–Crippen LogP) is 3.49. The number of aliphatic hydroxyl groups is 1. The maximum atomic E-state index is 12.0. The first kappa shape index (κ1) is 19.9. The van der Waals surface area contributed by atoms with E-state index in [-0.39, 0.29) is 12.5 Å². The summed E-state index contributed by atoms with van der Waals surface area (Å²) < 4.78 is 0. The zero-order valence-corrected chi connectivity index (χ0v) is 17.7. The van der Waals surface area contributed by atoms with Crippen LogP contribution in [0.1, 0.15) is 49.1 Å². The van der Waals surface area contributed by atoms with E-state index in [0.29, 0.717) is 6.42 Å². The van der Waals surface area contributed by atoms with Gasteiger partial charge in [0.25, 0.3) is 0 Å². The Labute approximate surface area is 181 Å². The highest BCUT2D eigenvalue weighted by Crippen LogP contribution is 2.47. The number of primary amides is 1. The SMILES string of the molecule is NC(=O)C1(c2cc(-c3ccc4nc5c(c(NCCCO)c4c3)CCCC5)ccn2)CC1. The Morgan fingerprint density at radius 3 is 2.71 bits per heavy atom. The molecule has 0 unspecified atom stereocenters. The first-order valence-electron chi connectivity index (χ1n) is 11.2. The number of nitrogens with two attached hydrogens (primary N) is 1. The van der Waals surface area contributed by atoms with Crippen molar-refractivity contribution in [3.8, 4) is 11.1 Å². The number of pyridine rings is 2. The number of aryl methyl sites for hydroxylation is 1. The van der Waals surface area contributed by atoms with Crippen LogP contribution in [-0.4, -0.2) is 34.1 Å². The van der Waals surface area contributed by atoms with Crippen molar-refractivity contribution >= 4 is 22.5 Å². The third-order valence-corrected chi connectivity index (χ3v) is 6.70. The van der Waals surface area contributed by atoms with Crippen LogP contribution in [0.5, 0.6) is 0 Å². The topological polar surface area (TPSA) is 101 Å². The summed E-state index contributed by atoms with van der Waals surface area (Å²) in [6.45, 7) is 0.900.